The fraction of sp³-hybridized carbons (Fsp3) is 0.769. The van der Waals surface area contributed by atoms with Gasteiger partial charge in [0.25, 0.3) is 0 Å². The van der Waals surface area contributed by atoms with Gasteiger partial charge in [0.1, 0.15) is 6.04 Å². The Morgan fingerprint density at radius 2 is 2.06 bits per heavy atom. The average Bonchev–Trinajstić information content (AvgIpc) is 2.32. The molecule has 0 spiro atoms. The van der Waals surface area contributed by atoms with Crippen LogP contribution in [-0.4, -0.2) is 25.0 Å². The standard InChI is InChI=1S/C13H25N3O/c1-6-9-11(16-15-8-3)10-14-12(17)13(4,5)7-2/h6,9,11H,7-8,10H2,1-5H3,(H,14,17). The number of amides is 1. The van der Waals surface area contributed by atoms with Crippen LogP contribution in [0.1, 0.15) is 41.0 Å². The molecule has 0 saturated carbocycles. The number of carbonyl (C=O) groups excluding carboxylic acids is 1. The van der Waals surface area contributed by atoms with Crippen LogP contribution in [-0.2, 0) is 4.79 Å². The third kappa shape index (κ3) is 6.19. The van der Waals surface area contributed by atoms with Crippen LogP contribution >= 0.6 is 0 Å². The molecule has 4 nitrogen and oxygen atoms in total. The first-order valence-electron chi connectivity index (χ1n) is 6.25. The van der Waals surface area contributed by atoms with Gasteiger partial charge in [-0.05, 0) is 20.3 Å². The van der Waals surface area contributed by atoms with Crippen LogP contribution < -0.4 is 5.32 Å². The van der Waals surface area contributed by atoms with Crippen LogP contribution in [0.4, 0.5) is 0 Å². The lowest BCUT2D eigenvalue weighted by atomic mass is 9.89. The van der Waals surface area contributed by atoms with Gasteiger partial charge in [0.05, 0.1) is 6.54 Å². The second kappa shape index (κ2) is 7.98. The van der Waals surface area contributed by atoms with E-state index in [0.717, 1.165) is 6.42 Å². The summed E-state index contributed by atoms with van der Waals surface area (Å²) in [6.07, 6.45) is 4.69. The molecule has 0 fully saturated rings. The summed E-state index contributed by atoms with van der Waals surface area (Å²) in [6, 6.07) is -0.0587. The average molecular weight is 239 g/mol. The van der Waals surface area contributed by atoms with Crippen LogP contribution in [0, 0.1) is 5.41 Å². The smallest absolute Gasteiger partial charge is 0.225 e. The molecule has 1 N–H and O–H groups in total. The molecule has 0 heterocycles. The van der Waals surface area contributed by atoms with Crippen LogP contribution in [0.25, 0.3) is 0 Å². The summed E-state index contributed by atoms with van der Waals surface area (Å²) in [5, 5.41) is 11.0. The molecule has 0 aliphatic rings. The summed E-state index contributed by atoms with van der Waals surface area (Å²) in [5.41, 5.74) is -0.317. The Bertz CT molecular complexity index is 282. The first-order valence-corrected chi connectivity index (χ1v) is 6.25. The van der Waals surface area contributed by atoms with Gasteiger partial charge < -0.3 is 5.32 Å². The van der Waals surface area contributed by atoms with Crippen LogP contribution in [0.2, 0.25) is 0 Å². The van der Waals surface area contributed by atoms with Crippen molar-refractivity contribution in [2.75, 3.05) is 13.1 Å². The van der Waals surface area contributed by atoms with Gasteiger partial charge in [0.2, 0.25) is 5.91 Å². The minimum atomic E-state index is -0.317. The zero-order valence-electron chi connectivity index (χ0n) is 11.7. The van der Waals surface area contributed by atoms with Crippen molar-refractivity contribution in [3.8, 4) is 0 Å². The Morgan fingerprint density at radius 3 is 2.53 bits per heavy atom. The number of nitrogens with one attached hydrogen (secondary N) is 1. The van der Waals surface area contributed by atoms with E-state index in [9.17, 15) is 4.79 Å². The molecule has 0 bridgehead atoms. The normalized spacial score (nSPS) is 14.4. The van der Waals surface area contributed by atoms with Gasteiger partial charge in [-0.25, -0.2) is 0 Å². The maximum atomic E-state index is 11.9. The van der Waals surface area contributed by atoms with E-state index < -0.39 is 0 Å². The number of rotatable bonds is 7. The van der Waals surface area contributed by atoms with Crippen molar-refractivity contribution in [3.63, 3.8) is 0 Å². The summed E-state index contributed by atoms with van der Waals surface area (Å²) < 4.78 is 0. The van der Waals surface area contributed by atoms with Crippen molar-refractivity contribution in [2.24, 2.45) is 15.6 Å². The monoisotopic (exact) mass is 239 g/mol. The van der Waals surface area contributed by atoms with Crippen molar-refractivity contribution in [3.05, 3.63) is 12.2 Å². The quantitative estimate of drug-likeness (QED) is 0.539. The molecule has 1 amide bonds. The second-order valence-corrected chi connectivity index (χ2v) is 4.61. The molecule has 4 heteroatoms. The van der Waals surface area contributed by atoms with E-state index in [0.29, 0.717) is 13.1 Å². The summed E-state index contributed by atoms with van der Waals surface area (Å²) in [5.74, 6) is 0.0706. The maximum absolute atomic E-state index is 11.9. The van der Waals surface area contributed by atoms with Gasteiger partial charge in [0, 0.05) is 12.0 Å². The maximum Gasteiger partial charge on any atom is 0.225 e. The van der Waals surface area contributed by atoms with Gasteiger partial charge in [0.15, 0.2) is 0 Å². The molecule has 1 unspecified atom stereocenters. The third-order valence-electron chi connectivity index (χ3n) is 2.76. The zero-order valence-corrected chi connectivity index (χ0v) is 11.7. The molecular weight excluding hydrogens is 214 g/mol. The van der Waals surface area contributed by atoms with E-state index in [-0.39, 0.29) is 17.4 Å². The molecule has 0 radical (unpaired) electrons. The first-order chi connectivity index (χ1) is 7.97. The van der Waals surface area contributed by atoms with Crippen LogP contribution in [0.15, 0.2) is 22.4 Å². The summed E-state index contributed by atoms with van der Waals surface area (Å²) in [7, 11) is 0. The van der Waals surface area contributed by atoms with Crippen molar-refractivity contribution >= 4 is 5.91 Å². The van der Waals surface area contributed by atoms with Gasteiger partial charge in [-0.3, -0.25) is 4.79 Å². The van der Waals surface area contributed by atoms with E-state index in [1.54, 1.807) is 0 Å². The summed E-state index contributed by atoms with van der Waals surface area (Å²) in [4.78, 5) is 11.9. The Morgan fingerprint density at radius 1 is 1.41 bits per heavy atom. The molecule has 0 aromatic heterocycles. The minimum absolute atomic E-state index is 0.0587. The second-order valence-electron chi connectivity index (χ2n) is 4.61. The van der Waals surface area contributed by atoms with Crippen molar-refractivity contribution in [1.82, 2.24) is 5.32 Å². The fourth-order valence-electron chi connectivity index (χ4n) is 1.15. The predicted molar refractivity (Wildman–Crippen MR) is 71.1 cm³/mol. The molecule has 0 aromatic carbocycles. The highest BCUT2D eigenvalue weighted by Gasteiger charge is 2.25. The summed E-state index contributed by atoms with van der Waals surface area (Å²) >= 11 is 0. The van der Waals surface area contributed by atoms with E-state index in [2.05, 4.69) is 15.5 Å². The predicted octanol–water partition coefficient (Wildman–Crippen LogP) is 2.96. The van der Waals surface area contributed by atoms with E-state index >= 15 is 0 Å². The number of allylic oxidation sites excluding steroid dienone is 1. The van der Waals surface area contributed by atoms with Gasteiger partial charge in [-0.15, -0.1) is 0 Å². The largest absolute Gasteiger partial charge is 0.353 e. The van der Waals surface area contributed by atoms with Crippen LogP contribution in [0.3, 0.4) is 0 Å². The third-order valence-corrected chi connectivity index (χ3v) is 2.76. The highest BCUT2D eigenvalue weighted by Crippen LogP contribution is 2.19. The molecule has 0 rings (SSSR count). The fourth-order valence-corrected chi connectivity index (χ4v) is 1.15. The van der Waals surface area contributed by atoms with Crippen molar-refractivity contribution < 1.29 is 4.79 Å². The molecule has 0 aromatic rings. The van der Waals surface area contributed by atoms with E-state index in [1.165, 1.54) is 0 Å². The SMILES string of the molecule is CC=CC(CNC(=O)C(C)(C)CC)N=NCC. The van der Waals surface area contributed by atoms with Crippen molar-refractivity contribution in [1.29, 1.82) is 0 Å². The Labute approximate surface area is 105 Å². The number of nitrogens with zero attached hydrogens (tertiary/aromatic N) is 2. The number of carbonyl (C=O) groups is 1. The molecule has 17 heavy (non-hydrogen) atoms. The highest BCUT2D eigenvalue weighted by atomic mass is 16.2. The lowest BCUT2D eigenvalue weighted by Crippen LogP contribution is -2.39. The lowest BCUT2D eigenvalue weighted by molar-refractivity contribution is -0.129. The van der Waals surface area contributed by atoms with Crippen LogP contribution in [0.5, 0.6) is 0 Å². The van der Waals surface area contributed by atoms with Gasteiger partial charge in [-0.2, -0.15) is 10.2 Å². The Hall–Kier alpha value is -1.19. The Balaban J connectivity index is 4.31. The number of hydrogen-bond acceptors (Lipinski definition) is 3. The molecule has 98 valence electrons. The topological polar surface area (TPSA) is 53.8 Å². The molecule has 0 aliphatic heterocycles. The summed E-state index contributed by atoms with van der Waals surface area (Å²) in [6.45, 7) is 11.0. The van der Waals surface area contributed by atoms with Gasteiger partial charge in [-0.1, -0.05) is 32.9 Å². The molecular formula is C13H25N3O. The molecule has 0 aliphatic carbocycles. The first kappa shape index (κ1) is 15.8. The Kier molecular flexibility index (Phi) is 7.42. The van der Waals surface area contributed by atoms with E-state index in [1.807, 2.05) is 46.8 Å². The highest BCUT2D eigenvalue weighted by molar-refractivity contribution is 5.81. The molecule has 1 atom stereocenters. The van der Waals surface area contributed by atoms with Crippen molar-refractivity contribution in [2.45, 2.75) is 47.1 Å². The lowest BCUT2D eigenvalue weighted by Gasteiger charge is -2.22. The molecule has 0 saturated heterocycles. The number of hydrogen-bond donors (Lipinski definition) is 1. The minimum Gasteiger partial charge on any atom is -0.353 e. The van der Waals surface area contributed by atoms with Gasteiger partial charge >= 0.3 is 0 Å². The number of azo groups is 1. The zero-order chi connectivity index (χ0) is 13.3. The van der Waals surface area contributed by atoms with E-state index in [4.69, 9.17) is 0 Å².